The van der Waals surface area contributed by atoms with Gasteiger partial charge in [0.15, 0.2) is 0 Å². The van der Waals surface area contributed by atoms with Gasteiger partial charge in [-0.3, -0.25) is 0 Å². The normalized spacial score (nSPS) is 29.6. The predicted molar refractivity (Wildman–Crippen MR) is 74.2 cm³/mol. The van der Waals surface area contributed by atoms with E-state index in [1.165, 1.54) is 44.9 Å². The highest BCUT2D eigenvalue weighted by atomic mass is 16.2. The molecule has 0 radical (unpaired) electrons. The van der Waals surface area contributed by atoms with Gasteiger partial charge in [0.2, 0.25) is 0 Å². The summed E-state index contributed by atoms with van der Waals surface area (Å²) in [6.07, 6.45) is 14.1. The van der Waals surface area contributed by atoms with Crippen LogP contribution < -0.4 is 10.6 Å². The average Bonchev–Trinajstić information content (AvgIpc) is 2.85. The summed E-state index contributed by atoms with van der Waals surface area (Å²) in [6, 6.07) is 0.321. The molecule has 0 saturated heterocycles. The minimum Gasteiger partial charge on any atom is -0.335 e. The highest BCUT2D eigenvalue weighted by molar-refractivity contribution is 5.75. The van der Waals surface area contributed by atoms with E-state index in [4.69, 9.17) is 0 Å². The van der Waals surface area contributed by atoms with Crippen LogP contribution in [0.15, 0.2) is 12.3 Å². The van der Waals surface area contributed by atoms with Crippen molar-refractivity contribution in [2.45, 2.75) is 64.3 Å². The van der Waals surface area contributed by atoms with Crippen LogP contribution in [0.4, 0.5) is 4.79 Å². The number of rotatable bonds is 3. The molecule has 18 heavy (non-hydrogen) atoms. The van der Waals surface area contributed by atoms with E-state index in [1.54, 1.807) is 0 Å². The molecule has 0 aliphatic heterocycles. The minimum absolute atomic E-state index is 0.0389. The maximum atomic E-state index is 11.8. The van der Waals surface area contributed by atoms with Crippen molar-refractivity contribution in [2.75, 3.05) is 0 Å². The summed E-state index contributed by atoms with van der Waals surface area (Å²) in [7, 11) is 0. The lowest BCUT2D eigenvalue weighted by atomic mass is 9.86. The smallest absolute Gasteiger partial charge is 0.318 e. The summed E-state index contributed by atoms with van der Waals surface area (Å²) >= 11 is 0. The topological polar surface area (TPSA) is 41.1 Å². The molecule has 0 heterocycles. The minimum atomic E-state index is -0.0389. The van der Waals surface area contributed by atoms with Gasteiger partial charge in [-0.05, 0) is 37.5 Å². The Hall–Kier alpha value is -0.990. The fraction of sp³-hybridized carbons (Fsp3) is 0.800. The summed E-state index contributed by atoms with van der Waals surface area (Å²) in [6.45, 7) is 2.23. The third-order valence-corrected chi connectivity index (χ3v) is 4.41. The number of carbonyl (C=O) groups is 1. The van der Waals surface area contributed by atoms with E-state index in [-0.39, 0.29) is 6.03 Å². The molecule has 2 rings (SSSR count). The third-order valence-electron chi connectivity index (χ3n) is 4.41. The molecule has 2 fully saturated rings. The molecule has 102 valence electrons. The first-order chi connectivity index (χ1) is 8.75. The standard InChI is InChI=1S/C15H26N2O/c1-12-6-2-5-9-14(12)17-15(18)16-11-10-13-7-3-4-8-13/h10-14H,2-9H2,1H3,(H2,16,17,18)/b11-10+. The van der Waals surface area contributed by atoms with Gasteiger partial charge in [0.25, 0.3) is 0 Å². The molecule has 0 spiro atoms. The van der Waals surface area contributed by atoms with Crippen LogP contribution in [0.1, 0.15) is 58.3 Å². The zero-order valence-corrected chi connectivity index (χ0v) is 11.5. The van der Waals surface area contributed by atoms with Crippen LogP contribution in [-0.4, -0.2) is 12.1 Å². The van der Waals surface area contributed by atoms with Crippen LogP contribution in [0.25, 0.3) is 0 Å². The lowest BCUT2D eigenvalue weighted by molar-refractivity contribution is 0.225. The lowest BCUT2D eigenvalue weighted by Crippen LogP contribution is -2.44. The van der Waals surface area contributed by atoms with Crippen molar-refractivity contribution in [3.63, 3.8) is 0 Å². The maximum Gasteiger partial charge on any atom is 0.318 e. The van der Waals surface area contributed by atoms with Gasteiger partial charge in [-0.1, -0.05) is 38.7 Å². The average molecular weight is 250 g/mol. The first kappa shape index (κ1) is 13.4. The van der Waals surface area contributed by atoms with E-state index < -0.39 is 0 Å². The molecule has 2 aliphatic rings. The van der Waals surface area contributed by atoms with Crippen molar-refractivity contribution in [2.24, 2.45) is 11.8 Å². The zero-order valence-electron chi connectivity index (χ0n) is 11.5. The van der Waals surface area contributed by atoms with E-state index >= 15 is 0 Å². The predicted octanol–water partition coefficient (Wildman–Crippen LogP) is 3.57. The molecule has 2 aliphatic carbocycles. The van der Waals surface area contributed by atoms with Crippen molar-refractivity contribution >= 4 is 6.03 Å². The fourth-order valence-electron chi connectivity index (χ4n) is 3.15. The van der Waals surface area contributed by atoms with Crippen molar-refractivity contribution in [1.29, 1.82) is 0 Å². The number of amides is 2. The van der Waals surface area contributed by atoms with E-state index in [0.29, 0.717) is 17.9 Å². The summed E-state index contributed by atoms with van der Waals surface area (Å²) in [5.41, 5.74) is 0. The molecule has 2 unspecified atom stereocenters. The van der Waals surface area contributed by atoms with Crippen molar-refractivity contribution in [3.05, 3.63) is 12.3 Å². The Kier molecular flexibility index (Phi) is 5.09. The van der Waals surface area contributed by atoms with Crippen LogP contribution >= 0.6 is 0 Å². The molecular weight excluding hydrogens is 224 g/mol. The fourth-order valence-corrected chi connectivity index (χ4v) is 3.15. The van der Waals surface area contributed by atoms with Gasteiger partial charge in [-0.2, -0.15) is 0 Å². The number of urea groups is 1. The van der Waals surface area contributed by atoms with E-state index in [2.05, 4.69) is 23.6 Å². The number of carbonyl (C=O) groups excluding carboxylic acids is 1. The molecule has 0 aromatic rings. The van der Waals surface area contributed by atoms with Crippen LogP contribution in [0, 0.1) is 11.8 Å². The van der Waals surface area contributed by atoms with E-state index in [1.807, 2.05) is 6.20 Å². The molecule has 2 amide bonds. The highest BCUT2D eigenvalue weighted by Crippen LogP contribution is 2.25. The molecular formula is C15H26N2O. The summed E-state index contributed by atoms with van der Waals surface area (Å²) in [5.74, 6) is 1.29. The highest BCUT2D eigenvalue weighted by Gasteiger charge is 2.22. The Balaban J connectivity index is 1.67. The lowest BCUT2D eigenvalue weighted by Gasteiger charge is -2.29. The van der Waals surface area contributed by atoms with Gasteiger partial charge < -0.3 is 10.6 Å². The molecule has 0 aromatic heterocycles. The Morgan fingerprint density at radius 1 is 1.06 bits per heavy atom. The van der Waals surface area contributed by atoms with Crippen LogP contribution in [0.2, 0.25) is 0 Å². The summed E-state index contributed by atoms with van der Waals surface area (Å²) in [4.78, 5) is 11.8. The van der Waals surface area contributed by atoms with Crippen LogP contribution in [-0.2, 0) is 0 Å². The number of allylic oxidation sites excluding steroid dienone is 1. The van der Waals surface area contributed by atoms with Crippen molar-refractivity contribution in [3.8, 4) is 0 Å². The number of hydrogen-bond donors (Lipinski definition) is 2. The van der Waals surface area contributed by atoms with E-state index in [9.17, 15) is 4.79 Å². The molecule has 2 saturated carbocycles. The Bertz CT molecular complexity index is 295. The van der Waals surface area contributed by atoms with Crippen molar-refractivity contribution in [1.82, 2.24) is 10.6 Å². The van der Waals surface area contributed by atoms with Gasteiger partial charge in [0.1, 0.15) is 0 Å². The molecule has 0 aromatic carbocycles. The van der Waals surface area contributed by atoms with Crippen LogP contribution in [0.5, 0.6) is 0 Å². The van der Waals surface area contributed by atoms with Gasteiger partial charge in [0.05, 0.1) is 0 Å². The second-order valence-corrected chi connectivity index (χ2v) is 5.89. The molecule has 2 atom stereocenters. The van der Waals surface area contributed by atoms with E-state index in [0.717, 1.165) is 6.42 Å². The Labute approximate surface area is 110 Å². The first-order valence-electron chi connectivity index (χ1n) is 7.49. The largest absolute Gasteiger partial charge is 0.335 e. The summed E-state index contributed by atoms with van der Waals surface area (Å²) in [5, 5.41) is 5.94. The first-order valence-corrected chi connectivity index (χ1v) is 7.49. The van der Waals surface area contributed by atoms with Gasteiger partial charge in [-0.25, -0.2) is 4.79 Å². The maximum absolute atomic E-state index is 11.8. The van der Waals surface area contributed by atoms with Gasteiger partial charge >= 0.3 is 6.03 Å². The Morgan fingerprint density at radius 3 is 2.44 bits per heavy atom. The number of nitrogens with one attached hydrogen (secondary N) is 2. The molecule has 0 bridgehead atoms. The van der Waals surface area contributed by atoms with Crippen molar-refractivity contribution < 1.29 is 4.79 Å². The second-order valence-electron chi connectivity index (χ2n) is 5.89. The Morgan fingerprint density at radius 2 is 1.72 bits per heavy atom. The summed E-state index contributed by atoms with van der Waals surface area (Å²) < 4.78 is 0. The monoisotopic (exact) mass is 250 g/mol. The van der Waals surface area contributed by atoms with Gasteiger partial charge in [0, 0.05) is 12.2 Å². The quantitative estimate of drug-likeness (QED) is 0.790. The SMILES string of the molecule is CC1CCCCC1NC(=O)N/C=C/C1CCCC1. The van der Waals surface area contributed by atoms with Gasteiger partial charge in [-0.15, -0.1) is 0 Å². The molecule has 3 heteroatoms. The molecule has 2 N–H and O–H groups in total. The third kappa shape index (κ3) is 4.04. The molecule has 3 nitrogen and oxygen atoms in total. The van der Waals surface area contributed by atoms with Crippen LogP contribution in [0.3, 0.4) is 0 Å². The zero-order chi connectivity index (χ0) is 12.8. The second kappa shape index (κ2) is 6.81. The number of hydrogen-bond acceptors (Lipinski definition) is 1.